The Bertz CT molecular complexity index is 409. The lowest BCUT2D eigenvalue weighted by Crippen LogP contribution is -2.10. The minimum atomic E-state index is 0.102. The first-order valence-corrected chi connectivity index (χ1v) is 4.42. The third kappa shape index (κ3) is 1.38. The van der Waals surface area contributed by atoms with E-state index in [2.05, 4.69) is 4.99 Å². The predicted molar refractivity (Wildman–Crippen MR) is 53.2 cm³/mol. The van der Waals surface area contributed by atoms with Gasteiger partial charge >= 0.3 is 0 Å². The van der Waals surface area contributed by atoms with Crippen molar-refractivity contribution in [1.82, 2.24) is 0 Å². The van der Waals surface area contributed by atoms with Gasteiger partial charge in [0.1, 0.15) is 0 Å². The molecule has 0 fully saturated rings. The van der Waals surface area contributed by atoms with Gasteiger partial charge in [-0.25, -0.2) is 0 Å². The molecule has 1 aromatic carbocycles. The zero-order valence-corrected chi connectivity index (χ0v) is 7.93. The Balaban J connectivity index is 2.69. The van der Waals surface area contributed by atoms with Crippen LogP contribution in [0, 0.1) is 0 Å². The predicted octanol–water partition coefficient (Wildman–Crippen LogP) is 3.02. The lowest BCUT2D eigenvalue weighted by molar-refractivity contribution is 0.0999. The number of halogens is 1. The average Bonchev–Trinajstić information content (AvgIpc) is 2.07. The van der Waals surface area contributed by atoms with Crippen LogP contribution >= 0.6 is 11.6 Å². The third-order valence-corrected chi connectivity index (χ3v) is 2.31. The molecule has 2 rings (SSSR count). The van der Waals surface area contributed by atoms with Gasteiger partial charge in [0.15, 0.2) is 5.78 Å². The summed E-state index contributed by atoms with van der Waals surface area (Å²) in [7, 11) is 0. The van der Waals surface area contributed by atoms with Crippen LogP contribution < -0.4 is 0 Å². The van der Waals surface area contributed by atoms with Crippen LogP contribution in [0.15, 0.2) is 23.2 Å². The van der Waals surface area contributed by atoms with Crippen LogP contribution in [0.2, 0.25) is 5.02 Å². The molecule has 0 N–H and O–H groups in total. The second-order valence-corrected chi connectivity index (χ2v) is 3.49. The molecular formula is C10H8ClNO. The van der Waals surface area contributed by atoms with Gasteiger partial charge in [0.25, 0.3) is 0 Å². The summed E-state index contributed by atoms with van der Waals surface area (Å²) in [5.74, 6) is 0.102. The summed E-state index contributed by atoms with van der Waals surface area (Å²) in [4.78, 5) is 15.8. The zero-order chi connectivity index (χ0) is 9.42. The van der Waals surface area contributed by atoms with E-state index in [-0.39, 0.29) is 5.78 Å². The van der Waals surface area contributed by atoms with E-state index < -0.39 is 0 Å². The summed E-state index contributed by atoms with van der Waals surface area (Å²) in [6.45, 7) is 1.84. The second kappa shape index (κ2) is 2.96. The minimum Gasteiger partial charge on any atom is -0.294 e. The molecule has 2 nitrogen and oxygen atoms in total. The highest BCUT2D eigenvalue weighted by Gasteiger charge is 2.18. The maximum absolute atomic E-state index is 11.5. The van der Waals surface area contributed by atoms with Crippen molar-refractivity contribution in [2.75, 3.05) is 0 Å². The molecule has 0 aliphatic carbocycles. The van der Waals surface area contributed by atoms with Crippen molar-refractivity contribution in [3.63, 3.8) is 0 Å². The van der Waals surface area contributed by atoms with Crippen molar-refractivity contribution in [2.45, 2.75) is 13.3 Å². The Labute approximate surface area is 81.2 Å². The largest absolute Gasteiger partial charge is 0.294 e. The number of Topliss-reactive ketones (excluding diaryl/α,β-unsaturated/α-hetero) is 1. The molecule has 1 heterocycles. The first kappa shape index (κ1) is 8.45. The highest BCUT2D eigenvalue weighted by molar-refractivity contribution is 6.34. The number of nitrogens with zero attached hydrogens (tertiary/aromatic N) is 1. The maximum Gasteiger partial charge on any atom is 0.170 e. The van der Waals surface area contributed by atoms with Crippen molar-refractivity contribution < 1.29 is 4.79 Å². The highest BCUT2D eigenvalue weighted by atomic mass is 35.5. The summed E-state index contributed by atoms with van der Waals surface area (Å²) >= 11 is 5.91. The second-order valence-electron chi connectivity index (χ2n) is 3.08. The van der Waals surface area contributed by atoms with Gasteiger partial charge in [-0.05, 0) is 19.1 Å². The average molecular weight is 194 g/mol. The number of hydrogen-bond donors (Lipinski definition) is 0. The summed E-state index contributed by atoms with van der Waals surface area (Å²) < 4.78 is 0. The number of hydrogen-bond acceptors (Lipinski definition) is 2. The standard InChI is InChI=1S/C10H8ClNO/c1-6-5-9(13)7-3-2-4-8(11)10(7)12-6/h2-4H,5H2,1H3. The van der Waals surface area contributed by atoms with Crippen molar-refractivity contribution >= 4 is 28.8 Å². The fourth-order valence-electron chi connectivity index (χ4n) is 1.41. The SMILES string of the molecule is CC1=Nc2c(Cl)cccc2C(=O)C1. The van der Waals surface area contributed by atoms with E-state index in [1.165, 1.54) is 0 Å². The monoisotopic (exact) mass is 193 g/mol. The molecule has 0 saturated carbocycles. The molecule has 0 unspecified atom stereocenters. The van der Waals surface area contributed by atoms with E-state index in [0.717, 1.165) is 5.71 Å². The molecule has 0 spiro atoms. The van der Waals surface area contributed by atoms with Gasteiger partial charge in [-0.1, -0.05) is 17.7 Å². The lowest BCUT2D eigenvalue weighted by Gasteiger charge is -2.12. The smallest absolute Gasteiger partial charge is 0.170 e. The van der Waals surface area contributed by atoms with Crippen LogP contribution in [-0.2, 0) is 0 Å². The Kier molecular flexibility index (Phi) is 1.93. The molecule has 0 radical (unpaired) electrons. The number of ketones is 1. The van der Waals surface area contributed by atoms with Crippen LogP contribution in [0.4, 0.5) is 5.69 Å². The van der Waals surface area contributed by atoms with Crippen molar-refractivity contribution in [2.24, 2.45) is 4.99 Å². The number of fused-ring (bicyclic) bond motifs is 1. The number of aliphatic imine (C=N–C) groups is 1. The van der Waals surface area contributed by atoms with Crippen LogP contribution in [0.25, 0.3) is 0 Å². The number of rotatable bonds is 0. The van der Waals surface area contributed by atoms with E-state index in [1.807, 2.05) is 6.92 Å². The van der Waals surface area contributed by atoms with E-state index in [0.29, 0.717) is 22.7 Å². The zero-order valence-electron chi connectivity index (χ0n) is 7.17. The Morgan fingerprint density at radius 2 is 2.23 bits per heavy atom. The lowest BCUT2D eigenvalue weighted by atomic mass is 10.0. The summed E-state index contributed by atoms with van der Waals surface area (Å²) in [6.07, 6.45) is 0.410. The molecule has 66 valence electrons. The molecule has 0 saturated heterocycles. The van der Waals surface area contributed by atoms with Gasteiger partial charge in [-0.3, -0.25) is 9.79 Å². The fourth-order valence-corrected chi connectivity index (χ4v) is 1.63. The van der Waals surface area contributed by atoms with E-state index in [1.54, 1.807) is 18.2 Å². The van der Waals surface area contributed by atoms with Gasteiger partial charge in [-0.2, -0.15) is 0 Å². The van der Waals surface area contributed by atoms with E-state index in [4.69, 9.17) is 11.6 Å². The Morgan fingerprint density at radius 1 is 1.46 bits per heavy atom. The van der Waals surface area contributed by atoms with Gasteiger partial charge in [0.05, 0.1) is 10.7 Å². The molecular weight excluding hydrogens is 186 g/mol. The number of carbonyl (C=O) groups is 1. The summed E-state index contributed by atoms with van der Waals surface area (Å²) in [5.41, 5.74) is 2.08. The molecule has 13 heavy (non-hydrogen) atoms. The molecule has 1 aliphatic heterocycles. The number of carbonyl (C=O) groups excluding carboxylic acids is 1. The molecule has 0 atom stereocenters. The van der Waals surface area contributed by atoms with Crippen LogP contribution in [0.5, 0.6) is 0 Å². The summed E-state index contributed by atoms with van der Waals surface area (Å²) in [5, 5.41) is 0.546. The summed E-state index contributed by atoms with van der Waals surface area (Å²) in [6, 6.07) is 5.28. The number of para-hydroxylation sites is 1. The highest BCUT2D eigenvalue weighted by Crippen LogP contribution is 2.32. The molecule has 0 amide bonds. The fraction of sp³-hybridized carbons (Fsp3) is 0.200. The minimum absolute atomic E-state index is 0.102. The Hall–Kier alpha value is -1.15. The van der Waals surface area contributed by atoms with Gasteiger partial charge in [0, 0.05) is 17.7 Å². The topological polar surface area (TPSA) is 29.4 Å². The van der Waals surface area contributed by atoms with Crippen LogP contribution in [0.1, 0.15) is 23.7 Å². The first-order valence-electron chi connectivity index (χ1n) is 4.04. The van der Waals surface area contributed by atoms with Crippen molar-refractivity contribution in [1.29, 1.82) is 0 Å². The van der Waals surface area contributed by atoms with Gasteiger partial charge in [0.2, 0.25) is 0 Å². The normalized spacial score (nSPS) is 15.2. The van der Waals surface area contributed by atoms with Gasteiger partial charge < -0.3 is 0 Å². The van der Waals surface area contributed by atoms with E-state index >= 15 is 0 Å². The molecule has 1 aliphatic rings. The van der Waals surface area contributed by atoms with Crippen LogP contribution in [0.3, 0.4) is 0 Å². The molecule has 0 aromatic heterocycles. The first-order chi connectivity index (χ1) is 6.18. The van der Waals surface area contributed by atoms with Crippen molar-refractivity contribution in [3.8, 4) is 0 Å². The van der Waals surface area contributed by atoms with Crippen molar-refractivity contribution in [3.05, 3.63) is 28.8 Å². The van der Waals surface area contributed by atoms with Gasteiger partial charge in [-0.15, -0.1) is 0 Å². The van der Waals surface area contributed by atoms with E-state index in [9.17, 15) is 4.79 Å². The molecule has 0 bridgehead atoms. The maximum atomic E-state index is 11.5. The molecule has 1 aromatic rings. The quantitative estimate of drug-likeness (QED) is 0.623. The van der Waals surface area contributed by atoms with Crippen LogP contribution in [-0.4, -0.2) is 11.5 Å². The third-order valence-electron chi connectivity index (χ3n) is 2.01. The number of benzene rings is 1. The molecule has 3 heteroatoms. The Morgan fingerprint density at radius 3 is 3.00 bits per heavy atom.